The van der Waals surface area contributed by atoms with E-state index < -0.39 is 0 Å². The van der Waals surface area contributed by atoms with Gasteiger partial charge in [-0.1, -0.05) is 6.42 Å². The zero-order chi connectivity index (χ0) is 18.4. The molecule has 2 aliphatic rings. The number of nitrogens with one attached hydrogen (secondary N) is 1. The van der Waals surface area contributed by atoms with Crippen LogP contribution in [0.1, 0.15) is 32.1 Å². The molecule has 8 heteroatoms. The smallest absolute Gasteiger partial charge is 0.225 e. The molecule has 142 valence electrons. The van der Waals surface area contributed by atoms with Crippen molar-refractivity contribution in [1.29, 1.82) is 0 Å². The van der Waals surface area contributed by atoms with Gasteiger partial charge in [-0.25, -0.2) is 9.97 Å². The van der Waals surface area contributed by atoms with Gasteiger partial charge in [-0.3, -0.25) is 9.59 Å². The normalized spacial score (nSPS) is 23.6. The monoisotopic (exact) mass is 360 g/mol. The second-order valence-corrected chi connectivity index (χ2v) is 7.08. The summed E-state index contributed by atoms with van der Waals surface area (Å²) >= 11 is 0. The third kappa shape index (κ3) is 4.91. The molecule has 1 aliphatic heterocycles. The molecule has 3 N–H and O–H groups in total. The molecular formula is C18H28N6O2. The predicted octanol–water partition coefficient (Wildman–Crippen LogP) is 0.149. The summed E-state index contributed by atoms with van der Waals surface area (Å²) in [5, 5.41) is 2.91. The maximum absolute atomic E-state index is 12.4. The SMILES string of the molecule is NC1CCCC(C(=O)NCCC(=O)N2CCN(c3ncccn3)CC2)C1. The van der Waals surface area contributed by atoms with Crippen LogP contribution in [-0.4, -0.2) is 65.4 Å². The first kappa shape index (κ1) is 18.6. The highest BCUT2D eigenvalue weighted by atomic mass is 16.2. The van der Waals surface area contributed by atoms with E-state index in [1.54, 1.807) is 18.5 Å². The fourth-order valence-corrected chi connectivity index (χ4v) is 3.67. The lowest BCUT2D eigenvalue weighted by molar-refractivity contribution is -0.131. The van der Waals surface area contributed by atoms with E-state index in [9.17, 15) is 9.59 Å². The van der Waals surface area contributed by atoms with Gasteiger partial charge in [0.15, 0.2) is 0 Å². The molecule has 1 aromatic rings. The number of rotatable bonds is 5. The zero-order valence-electron chi connectivity index (χ0n) is 15.1. The molecule has 0 spiro atoms. The van der Waals surface area contributed by atoms with Crippen molar-refractivity contribution in [3.8, 4) is 0 Å². The van der Waals surface area contributed by atoms with Crippen molar-refractivity contribution in [1.82, 2.24) is 20.2 Å². The van der Waals surface area contributed by atoms with E-state index in [2.05, 4.69) is 20.2 Å². The van der Waals surface area contributed by atoms with Crippen molar-refractivity contribution in [2.45, 2.75) is 38.1 Å². The minimum absolute atomic E-state index is 0.00303. The van der Waals surface area contributed by atoms with E-state index in [-0.39, 0.29) is 23.8 Å². The van der Waals surface area contributed by atoms with Gasteiger partial charge in [-0.15, -0.1) is 0 Å². The van der Waals surface area contributed by atoms with Gasteiger partial charge in [0.05, 0.1) is 0 Å². The molecule has 2 fully saturated rings. The molecule has 26 heavy (non-hydrogen) atoms. The average molecular weight is 360 g/mol. The maximum atomic E-state index is 12.4. The molecule has 1 aliphatic carbocycles. The van der Waals surface area contributed by atoms with E-state index in [0.29, 0.717) is 32.0 Å². The van der Waals surface area contributed by atoms with Crippen molar-refractivity contribution in [2.24, 2.45) is 11.7 Å². The van der Waals surface area contributed by atoms with Gasteiger partial charge in [-0.2, -0.15) is 0 Å². The Labute approximate surface area is 154 Å². The number of amides is 2. The fourth-order valence-electron chi connectivity index (χ4n) is 3.67. The highest BCUT2D eigenvalue weighted by molar-refractivity contribution is 5.80. The third-order valence-corrected chi connectivity index (χ3v) is 5.19. The third-order valence-electron chi connectivity index (χ3n) is 5.19. The van der Waals surface area contributed by atoms with Crippen LogP contribution in [0.2, 0.25) is 0 Å². The van der Waals surface area contributed by atoms with Crippen LogP contribution in [0.4, 0.5) is 5.95 Å². The summed E-state index contributed by atoms with van der Waals surface area (Å²) in [5.74, 6) is 0.832. The van der Waals surface area contributed by atoms with Crippen molar-refractivity contribution >= 4 is 17.8 Å². The Balaban J connectivity index is 1.36. The molecule has 0 aromatic carbocycles. The van der Waals surface area contributed by atoms with Crippen LogP contribution in [0, 0.1) is 5.92 Å². The highest BCUT2D eigenvalue weighted by Crippen LogP contribution is 2.23. The van der Waals surface area contributed by atoms with Crippen LogP contribution in [0.15, 0.2) is 18.5 Å². The molecule has 1 aromatic heterocycles. The summed E-state index contributed by atoms with van der Waals surface area (Å²) in [6.45, 7) is 3.15. The van der Waals surface area contributed by atoms with Crippen LogP contribution in [-0.2, 0) is 9.59 Å². The summed E-state index contributed by atoms with van der Waals surface area (Å²) in [6.07, 6.45) is 7.45. The lowest BCUT2D eigenvalue weighted by Gasteiger charge is -2.34. The van der Waals surface area contributed by atoms with Gasteiger partial charge >= 0.3 is 0 Å². The Morgan fingerprint density at radius 2 is 1.88 bits per heavy atom. The Kier molecular flexibility index (Phi) is 6.38. The number of carbonyl (C=O) groups is 2. The van der Waals surface area contributed by atoms with Crippen LogP contribution < -0.4 is 16.0 Å². The van der Waals surface area contributed by atoms with E-state index in [1.165, 1.54) is 0 Å². The Morgan fingerprint density at radius 3 is 2.58 bits per heavy atom. The summed E-state index contributed by atoms with van der Waals surface area (Å²) < 4.78 is 0. The average Bonchev–Trinajstić information content (AvgIpc) is 2.68. The van der Waals surface area contributed by atoms with Gasteiger partial charge < -0.3 is 20.9 Å². The topological polar surface area (TPSA) is 104 Å². The van der Waals surface area contributed by atoms with E-state index in [4.69, 9.17) is 5.73 Å². The minimum atomic E-state index is 0.00303. The Hall–Kier alpha value is -2.22. The number of nitrogens with two attached hydrogens (primary N) is 1. The van der Waals surface area contributed by atoms with Crippen molar-refractivity contribution < 1.29 is 9.59 Å². The number of anilines is 1. The number of hydrogen-bond acceptors (Lipinski definition) is 6. The number of carbonyl (C=O) groups excluding carboxylic acids is 2. The van der Waals surface area contributed by atoms with Crippen molar-refractivity contribution in [3.63, 3.8) is 0 Å². The first-order chi connectivity index (χ1) is 12.6. The molecule has 1 saturated heterocycles. The zero-order valence-corrected chi connectivity index (χ0v) is 15.1. The van der Waals surface area contributed by atoms with E-state index >= 15 is 0 Å². The largest absolute Gasteiger partial charge is 0.355 e. The van der Waals surface area contributed by atoms with E-state index in [0.717, 1.165) is 38.8 Å². The van der Waals surface area contributed by atoms with Gasteiger partial charge in [0.2, 0.25) is 17.8 Å². The molecule has 2 amide bonds. The fraction of sp³-hybridized carbons (Fsp3) is 0.667. The number of nitrogens with zero attached hydrogens (tertiary/aromatic N) is 4. The van der Waals surface area contributed by atoms with Crippen LogP contribution in [0.5, 0.6) is 0 Å². The van der Waals surface area contributed by atoms with Crippen molar-refractivity contribution in [3.05, 3.63) is 18.5 Å². The summed E-state index contributed by atoms with van der Waals surface area (Å²) in [4.78, 5) is 37.0. The molecule has 1 saturated carbocycles. The number of piperazine rings is 1. The highest BCUT2D eigenvalue weighted by Gasteiger charge is 2.26. The summed E-state index contributed by atoms with van der Waals surface area (Å²) in [7, 11) is 0. The van der Waals surface area contributed by atoms with Crippen LogP contribution in [0.25, 0.3) is 0 Å². The molecule has 8 nitrogen and oxygen atoms in total. The van der Waals surface area contributed by atoms with E-state index in [1.807, 2.05) is 4.90 Å². The van der Waals surface area contributed by atoms with Gasteiger partial charge in [0.1, 0.15) is 0 Å². The second-order valence-electron chi connectivity index (χ2n) is 7.08. The Bertz CT molecular complexity index is 603. The number of aromatic nitrogens is 2. The quantitative estimate of drug-likeness (QED) is 0.774. The molecule has 0 bridgehead atoms. The van der Waals surface area contributed by atoms with Gasteiger partial charge in [0, 0.05) is 63.5 Å². The number of hydrogen-bond donors (Lipinski definition) is 2. The lowest BCUT2D eigenvalue weighted by atomic mass is 9.85. The molecule has 0 radical (unpaired) electrons. The first-order valence-electron chi connectivity index (χ1n) is 9.46. The van der Waals surface area contributed by atoms with Crippen LogP contribution in [0.3, 0.4) is 0 Å². The van der Waals surface area contributed by atoms with Crippen LogP contribution >= 0.6 is 0 Å². The molecule has 3 rings (SSSR count). The van der Waals surface area contributed by atoms with Gasteiger partial charge in [0.25, 0.3) is 0 Å². The standard InChI is InChI=1S/C18H28N6O2/c19-15-4-1-3-14(13-15)17(26)20-8-5-16(25)23-9-11-24(12-10-23)18-21-6-2-7-22-18/h2,6-7,14-15H,1,3-5,8-13,19H2,(H,20,26). The first-order valence-corrected chi connectivity index (χ1v) is 9.46. The summed E-state index contributed by atoms with van der Waals surface area (Å²) in [5.41, 5.74) is 5.94. The summed E-state index contributed by atoms with van der Waals surface area (Å²) in [6, 6.07) is 1.92. The second kappa shape index (κ2) is 8.93. The molecular weight excluding hydrogens is 332 g/mol. The molecule has 2 heterocycles. The molecule has 2 unspecified atom stereocenters. The van der Waals surface area contributed by atoms with Crippen molar-refractivity contribution in [2.75, 3.05) is 37.6 Å². The van der Waals surface area contributed by atoms with Gasteiger partial charge in [-0.05, 0) is 25.3 Å². The lowest BCUT2D eigenvalue weighted by Crippen LogP contribution is -2.49. The maximum Gasteiger partial charge on any atom is 0.225 e. The predicted molar refractivity (Wildman–Crippen MR) is 98.4 cm³/mol. The molecule has 2 atom stereocenters. The Morgan fingerprint density at radius 1 is 1.15 bits per heavy atom. The minimum Gasteiger partial charge on any atom is -0.355 e.